The number of benzene rings is 1. The number of hydrogen-bond donors (Lipinski definition) is 1. The van der Waals surface area contributed by atoms with Crippen LogP contribution in [0.25, 0.3) is 5.69 Å². The molecular weight excluding hydrogens is 224 g/mol. The predicted octanol–water partition coefficient (Wildman–Crippen LogP) is 0.976. The van der Waals surface area contributed by atoms with Gasteiger partial charge in [0.05, 0.1) is 23.4 Å². The maximum Gasteiger partial charge on any atom is 0.271 e. The van der Waals surface area contributed by atoms with Gasteiger partial charge in [0.25, 0.3) is 5.69 Å². The van der Waals surface area contributed by atoms with Crippen LogP contribution >= 0.6 is 0 Å². The molecule has 0 bridgehead atoms. The SMILES string of the molecule is Cc1ccc([N+](=O)[O-])cc1-n1cc(CO)nn1. The fourth-order valence-electron chi connectivity index (χ4n) is 1.45. The van der Waals surface area contributed by atoms with Crippen LogP contribution < -0.4 is 0 Å². The van der Waals surface area contributed by atoms with E-state index in [0.717, 1.165) is 5.56 Å². The van der Waals surface area contributed by atoms with Crippen molar-refractivity contribution in [3.8, 4) is 5.69 Å². The molecule has 1 aromatic carbocycles. The van der Waals surface area contributed by atoms with E-state index in [-0.39, 0.29) is 12.3 Å². The molecular formula is C10H10N4O3. The zero-order valence-corrected chi connectivity index (χ0v) is 9.07. The van der Waals surface area contributed by atoms with E-state index in [2.05, 4.69) is 10.3 Å². The van der Waals surface area contributed by atoms with Gasteiger partial charge in [0.2, 0.25) is 0 Å². The summed E-state index contributed by atoms with van der Waals surface area (Å²) in [6, 6.07) is 4.50. The van der Waals surface area contributed by atoms with Gasteiger partial charge in [-0.05, 0) is 12.5 Å². The van der Waals surface area contributed by atoms with E-state index in [1.807, 2.05) is 6.92 Å². The molecule has 7 heteroatoms. The molecule has 0 atom stereocenters. The van der Waals surface area contributed by atoms with Crippen LogP contribution in [0.2, 0.25) is 0 Å². The highest BCUT2D eigenvalue weighted by Gasteiger charge is 2.11. The van der Waals surface area contributed by atoms with E-state index in [4.69, 9.17) is 5.11 Å². The van der Waals surface area contributed by atoms with Crippen LogP contribution in [0, 0.1) is 17.0 Å². The Morgan fingerprint density at radius 1 is 1.53 bits per heavy atom. The van der Waals surface area contributed by atoms with Crippen LogP contribution in [0.5, 0.6) is 0 Å². The lowest BCUT2D eigenvalue weighted by Crippen LogP contribution is -1.99. The fraction of sp³-hybridized carbons (Fsp3) is 0.200. The molecule has 0 unspecified atom stereocenters. The zero-order valence-electron chi connectivity index (χ0n) is 9.07. The molecule has 0 amide bonds. The Bertz CT molecular complexity index is 564. The molecule has 1 aromatic heterocycles. The molecule has 2 aromatic rings. The van der Waals surface area contributed by atoms with Crippen LogP contribution in [0.15, 0.2) is 24.4 Å². The molecule has 0 saturated heterocycles. The number of nitrogens with zero attached hydrogens (tertiary/aromatic N) is 4. The van der Waals surface area contributed by atoms with Crippen molar-refractivity contribution in [2.24, 2.45) is 0 Å². The first kappa shape index (κ1) is 11.2. The van der Waals surface area contributed by atoms with Gasteiger partial charge in [-0.25, -0.2) is 4.68 Å². The van der Waals surface area contributed by atoms with Crippen molar-refractivity contribution in [3.05, 3.63) is 45.8 Å². The van der Waals surface area contributed by atoms with Crippen LogP contribution in [-0.2, 0) is 6.61 Å². The second-order valence-electron chi connectivity index (χ2n) is 3.54. The predicted molar refractivity (Wildman–Crippen MR) is 58.7 cm³/mol. The Morgan fingerprint density at radius 3 is 2.88 bits per heavy atom. The van der Waals surface area contributed by atoms with Gasteiger partial charge in [0.1, 0.15) is 5.69 Å². The summed E-state index contributed by atoms with van der Waals surface area (Å²) in [7, 11) is 0. The minimum absolute atomic E-state index is 0.00773. The van der Waals surface area contributed by atoms with Gasteiger partial charge >= 0.3 is 0 Å². The van der Waals surface area contributed by atoms with Gasteiger partial charge in [-0.15, -0.1) is 5.10 Å². The van der Waals surface area contributed by atoms with Crippen molar-refractivity contribution in [2.45, 2.75) is 13.5 Å². The second-order valence-corrected chi connectivity index (χ2v) is 3.54. The van der Waals surface area contributed by atoms with Crippen LogP contribution in [0.3, 0.4) is 0 Å². The number of nitro groups is 1. The van der Waals surface area contributed by atoms with Crippen molar-refractivity contribution >= 4 is 5.69 Å². The number of non-ortho nitro benzene ring substituents is 1. The number of aromatic nitrogens is 3. The van der Waals surface area contributed by atoms with Gasteiger partial charge in [-0.3, -0.25) is 10.1 Å². The van der Waals surface area contributed by atoms with E-state index >= 15 is 0 Å². The highest BCUT2D eigenvalue weighted by molar-refractivity contribution is 5.48. The first-order valence-corrected chi connectivity index (χ1v) is 4.89. The number of aliphatic hydroxyl groups is 1. The summed E-state index contributed by atoms with van der Waals surface area (Å²) in [6.07, 6.45) is 1.53. The highest BCUT2D eigenvalue weighted by atomic mass is 16.6. The quantitative estimate of drug-likeness (QED) is 0.631. The molecule has 0 spiro atoms. The van der Waals surface area contributed by atoms with Gasteiger partial charge in [0.15, 0.2) is 0 Å². The first-order valence-electron chi connectivity index (χ1n) is 4.89. The third kappa shape index (κ3) is 2.13. The molecule has 1 heterocycles. The lowest BCUT2D eigenvalue weighted by atomic mass is 10.2. The number of hydrogen-bond acceptors (Lipinski definition) is 5. The van der Waals surface area contributed by atoms with E-state index < -0.39 is 4.92 Å². The fourth-order valence-corrected chi connectivity index (χ4v) is 1.45. The third-order valence-electron chi connectivity index (χ3n) is 2.35. The molecule has 0 fully saturated rings. The summed E-state index contributed by atoms with van der Waals surface area (Å²) in [5.74, 6) is 0. The van der Waals surface area contributed by atoms with Crippen molar-refractivity contribution in [1.29, 1.82) is 0 Å². The molecule has 0 aliphatic heterocycles. The van der Waals surface area contributed by atoms with Crippen LogP contribution in [0.1, 0.15) is 11.3 Å². The number of rotatable bonds is 3. The number of aryl methyl sites for hydroxylation is 1. The molecule has 88 valence electrons. The lowest BCUT2D eigenvalue weighted by Gasteiger charge is -2.03. The first-order chi connectivity index (χ1) is 8.11. The maximum atomic E-state index is 10.7. The number of aliphatic hydroxyl groups excluding tert-OH is 1. The van der Waals surface area contributed by atoms with Crippen LogP contribution in [-0.4, -0.2) is 25.0 Å². The maximum absolute atomic E-state index is 10.7. The Hall–Kier alpha value is -2.28. The topological polar surface area (TPSA) is 94.1 Å². The zero-order chi connectivity index (χ0) is 12.4. The lowest BCUT2D eigenvalue weighted by molar-refractivity contribution is -0.384. The number of nitro benzene ring substituents is 1. The van der Waals surface area contributed by atoms with Gasteiger partial charge < -0.3 is 5.11 Å². The highest BCUT2D eigenvalue weighted by Crippen LogP contribution is 2.20. The van der Waals surface area contributed by atoms with Crippen molar-refractivity contribution < 1.29 is 10.0 Å². The Morgan fingerprint density at radius 2 is 2.29 bits per heavy atom. The summed E-state index contributed by atoms with van der Waals surface area (Å²) >= 11 is 0. The molecule has 0 radical (unpaired) electrons. The standard InChI is InChI=1S/C10H10N4O3/c1-7-2-3-9(14(16)17)4-10(7)13-5-8(6-15)11-12-13/h2-5,15H,6H2,1H3. The average molecular weight is 234 g/mol. The van der Waals surface area contributed by atoms with Gasteiger partial charge in [-0.1, -0.05) is 11.3 Å². The molecule has 1 N–H and O–H groups in total. The minimum Gasteiger partial charge on any atom is -0.390 e. The molecule has 17 heavy (non-hydrogen) atoms. The molecule has 0 aliphatic rings. The third-order valence-corrected chi connectivity index (χ3v) is 2.35. The van der Waals surface area contributed by atoms with E-state index in [1.54, 1.807) is 6.07 Å². The van der Waals surface area contributed by atoms with Crippen LogP contribution in [0.4, 0.5) is 5.69 Å². The van der Waals surface area contributed by atoms with Gasteiger partial charge in [0, 0.05) is 12.1 Å². The monoisotopic (exact) mass is 234 g/mol. The summed E-state index contributed by atoms with van der Waals surface area (Å²) in [5, 5.41) is 27.1. The smallest absolute Gasteiger partial charge is 0.271 e. The average Bonchev–Trinajstić information content (AvgIpc) is 2.77. The van der Waals surface area contributed by atoms with E-state index in [9.17, 15) is 10.1 Å². The largest absolute Gasteiger partial charge is 0.390 e. The summed E-state index contributed by atoms with van der Waals surface area (Å²) in [5.41, 5.74) is 1.82. The van der Waals surface area contributed by atoms with Gasteiger partial charge in [-0.2, -0.15) is 0 Å². The Labute approximate surface area is 96.5 Å². The molecule has 0 saturated carbocycles. The normalized spacial score (nSPS) is 10.5. The summed E-state index contributed by atoms with van der Waals surface area (Å²) in [4.78, 5) is 10.2. The Balaban J connectivity index is 2.49. The second kappa shape index (κ2) is 4.30. The van der Waals surface area contributed by atoms with Crippen molar-refractivity contribution in [1.82, 2.24) is 15.0 Å². The minimum atomic E-state index is -0.465. The summed E-state index contributed by atoms with van der Waals surface area (Å²) < 4.78 is 1.41. The van der Waals surface area contributed by atoms with Crippen molar-refractivity contribution in [3.63, 3.8) is 0 Å². The van der Waals surface area contributed by atoms with E-state index in [0.29, 0.717) is 11.4 Å². The Kier molecular flexibility index (Phi) is 2.84. The van der Waals surface area contributed by atoms with E-state index in [1.165, 1.54) is 23.0 Å². The molecule has 0 aliphatic carbocycles. The molecule has 2 rings (SSSR count). The molecule has 7 nitrogen and oxygen atoms in total. The summed E-state index contributed by atoms with van der Waals surface area (Å²) in [6.45, 7) is 1.60. The van der Waals surface area contributed by atoms with Crippen molar-refractivity contribution in [2.75, 3.05) is 0 Å².